The van der Waals surface area contributed by atoms with Crippen LogP contribution in [0.5, 0.6) is 0 Å². The van der Waals surface area contributed by atoms with Crippen LogP contribution in [0.15, 0.2) is 48.8 Å². The van der Waals surface area contributed by atoms with Gasteiger partial charge >= 0.3 is 0 Å². The number of hydrogen-bond acceptors (Lipinski definition) is 2. The van der Waals surface area contributed by atoms with Gasteiger partial charge in [0, 0.05) is 12.4 Å². The van der Waals surface area contributed by atoms with Crippen molar-refractivity contribution < 1.29 is 13.6 Å². The van der Waals surface area contributed by atoms with E-state index in [0.717, 1.165) is 12.1 Å². The van der Waals surface area contributed by atoms with Gasteiger partial charge in [-0.1, -0.05) is 12.1 Å². The molecule has 1 aromatic carbocycles. The van der Waals surface area contributed by atoms with Gasteiger partial charge in [-0.25, -0.2) is 13.8 Å². The molecule has 3 rings (SSSR count). The molecule has 6 heteroatoms. The molecular weight excluding hydrogens is 288 g/mol. The molecule has 0 radical (unpaired) electrons. The first-order valence-corrected chi connectivity index (χ1v) is 6.74. The Kier molecular flexibility index (Phi) is 3.58. The number of fused-ring (bicyclic) bond motifs is 1. The third-order valence-electron chi connectivity index (χ3n) is 3.39. The van der Waals surface area contributed by atoms with Gasteiger partial charge in [0.2, 0.25) is 0 Å². The van der Waals surface area contributed by atoms with Crippen molar-refractivity contribution >= 4 is 11.6 Å². The molecule has 1 amide bonds. The van der Waals surface area contributed by atoms with Crippen LogP contribution in [0.3, 0.4) is 0 Å². The second-order valence-electron chi connectivity index (χ2n) is 4.96. The number of nitrogens with one attached hydrogen (secondary N) is 1. The van der Waals surface area contributed by atoms with Gasteiger partial charge in [0.05, 0.1) is 6.04 Å². The lowest BCUT2D eigenvalue weighted by Crippen LogP contribution is -2.27. The van der Waals surface area contributed by atoms with Crippen LogP contribution >= 0.6 is 0 Å². The molecular formula is C16H13F2N3O. The lowest BCUT2D eigenvalue weighted by Gasteiger charge is -2.13. The molecule has 22 heavy (non-hydrogen) atoms. The van der Waals surface area contributed by atoms with Crippen LogP contribution < -0.4 is 5.32 Å². The Morgan fingerprint density at radius 2 is 2.05 bits per heavy atom. The standard InChI is InChI=1S/C16H13F2N3O/c1-10(11-5-6-12(17)13(18)8-11)19-16(22)14-9-21-7-3-2-4-15(21)20-14/h2-10H,1H3,(H,19,22)/t10-/m0/s1. The zero-order valence-electron chi connectivity index (χ0n) is 11.8. The van der Waals surface area contributed by atoms with Crippen molar-refractivity contribution in [3.05, 3.63) is 71.7 Å². The number of aromatic nitrogens is 2. The summed E-state index contributed by atoms with van der Waals surface area (Å²) in [5, 5.41) is 2.72. The average Bonchev–Trinajstić information content (AvgIpc) is 2.94. The van der Waals surface area contributed by atoms with Crippen LogP contribution in [0.2, 0.25) is 0 Å². The number of carbonyl (C=O) groups excluding carboxylic acids is 1. The summed E-state index contributed by atoms with van der Waals surface area (Å²) >= 11 is 0. The molecule has 2 heterocycles. The van der Waals surface area contributed by atoms with E-state index in [1.165, 1.54) is 6.07 Å². The molecule has 0 aliphatic heterocycles. The Morgan fingerprint density at radius 3 is 2.77 bits per heavy atom. The van der Waals surface area contributed by atoms with E-state index >= 15 is 0 Å². The predicted octanol–water partition coefficient (Wildman–Crippen LogP) is 3.10. The van der Waals surface area contributed by atoms with Crippen molar-refractivity contribution in [2.75, 3.05) is 0 Å². The Balaban J connectivity index is 1.79. The minimum atomic E-state index is -0.939. The van der Waals surface area contributed by atoms with Gasteiger partial charge in [-0.2, -0.15) is 0 Å². The first kappa shape index (κ1) is 14.2. The number of carbonyl (C=O) groups is 1. The van der Waals surface area contributed by atoms with Gasteiger partial charge in [0.1, 0.15) is 11.3 Å². The largest absolute Gasteiger partial charge is 0.344 e. The number of amides is 1. The molecule has 0 fully saturated rings. The fourth-order valence-corrected chi connectivity index (χ4v) is 2.18. The molecule has 0 bridgehead atoms. The summed E-state index contributed by atoms with van der Waals surface area (Å²) in [6.45, 7) is 1.69. The van der Waals surface area contributed by atoms with E-state index in [-0.39, 0.29) is 11.6 Å². The molecule has 4 nitrogen and oxygen atoms in total. The molecule has 1 atom stereocenters. The van der Waals surface area contributed by atoms with Crippen LogP contribution in [0.25, 0.3) is 5.65 Å². The Hall–Kier alpha value is -2.76. The molecule has 0 saturated carbocycles. The number of halogens is 2. The lowest BCUT2D eigenvalue weighted by molar-refractivity contribution is 0.0935. The van der Waals surface area contributed by atoms with Gasteiger partial charge in [-0.05, 0) is 36.8 Å². The summed E-state index contributed by atoms with van der Waals surface area (Å²) < 4.78 is 27.9. The zero-order chi connectivity index (χ0) is 15.7. The maximum atomic E-state index is 13.2. The number of nitrogens with zero attached hydrogens (tertiary/aromatic N) is 2. The Labute approximate surface area is 125 Å². The number of benzene rings is 1. The third kappa shape index (κ3) is 2.67. The molecule has 0 aliphatic rings. The van der Waals surface area contributed by atoms with Crippen molar-refractivity contribution in [2.24, 2.45) is 0 Å². The minimum absolute atomic E-state index is 0.264. The molecule has 0 aliphatic carbocycles. The summed E-state index contributed by atoms with van der Waals surface area (Å²) in [5.74, 6) is -2.23. The van der Waals surface area contributed by atoms with Crippen LogP contribution in [0.1, 0.15) is 29.0 Å². The maximum Gasteiger partial charge on any atom is 0.271 e. The summed E-state index contributed by atoms with van der Waals surface area (Å²) in [7, 11) is 0. The fourth-order valence-electron chi connectivity index (χ4n) is 2.18. The maximum absolute atomic E-state index is 13.2. The molecule has 2 aromatic heterocycles. The highest BCUT2D eigenvalue weighted by molar-refractivity contribution is 5.93. The molecule has 0 unspecified atom stereocenters. The monoisotopic (exact) mass is 301 g/mol. The van der Waals surface area contributed by atoms with E-state index in [1.807, 2.05) is 12.1 Å². The average molecular weight is 301 g/mol. The van der Waals surface area contributed by atoms with Gasteiger partial charge < -0.3 is 9.72 Å². The predicted molar refractivity (Wildman–Crippen MR) is 77.4 cm³/mol. The number of imidazole rings is 1. The van der Waals surface area contributed by atoms with Crippen LogP contribution in [0.4, 0.5) is 8.78 Å². The second kappa shape index (κ2) is 5.55. The summed E-state index contributed by atoms with van der Waals surface area (Å²) in [4.78, 5) is 16.4. The van der Waals surface area contributed by atoms with Crippen molar-refractivity contribution in [1.29, 1.82) is 0 Å². The van der Waals surface area contributed by atoms with E-state index < -0.39 is 17.7 Å². The number of rotatable bonds is 3. The highest BCUT2D eigenvalue weighted by Gasteiger charge is 2.15. The third-order valence-corrected chi connectivity index (χ3v) is 3.39. The van der Waals surface area contributed by atoms with E-state index in [0.29, 0.717) is 11.2 Å². The van der Waals surface area contributed by atoms with E-state index in [9.17, 15) is 13.6 Å². The SMILES string of the molecule is C[C@H](NC(=O)c1cn2ccccc2n1)c1ccc(F)c(F)c1. The lowest BCUT2D eigenvalue weighted by atomic mass is 10.1. The summed E-state index contributed by atoms with van der Waals surface area (Å²) in [6, 6.07) is 8.53. The van der Waals surface area contributed by atoms with Crippen molar-refractivity contribution in [3.8, 4) is 0 Å². The van der Waals surface area contributed by atoms with Gasteiger partial charge in [0.25, 0.3) is 5.91 Å². The fraction of sp³-hybridized carbons (Fsp3) is 0.125. The van der Waals surface area contributed by atoms with E-state index in [4.69, 9.17) is 0 Å². The first-order chi connectivity index (χ1) is 10.5. The van der Waals surface area contributed by atoms with Crippen LogP contribution in [0, 0.1) is 11.6 Å². The zero-order valence-corrected chi connectivity index (χ0v) is 11.8. The topological polar surface area (TPSA) is 46.4 Å². The quantitative estimate of drug-likeness (QED) is 0.808. The molecule has 112 valence electrons. The van der Waals surface area contributed by atoms with Crippen LogP contribution in [-0.4, -0.2) is 15.3 Å². The Bertz CT molecular complexity index is 811. The molecule has 1 N–H and O–H groups in total. The number of hydrogen-bond donors (Lipinski definition) is 1. The van der Waals surface area contributed by atoms with E-state index in [1.54, 1.807) is 29.8 Å². The van der Waals surface area contributed by atoms with Gasteiger partial charge in [-0.15, -0.1) is 0 Å². The van der Waals surface area contributed by atoms with Crippen molar-refractivity contribution in [3.63, 3.8) is 0 Å². The Morgan fingerprint density at radius 1 is 1.23 bits per heavy atom. The highest BCUT2D eigenvalue weighted by atomic mass is 19.2. The van der Waals surface area contributed by atoms with E-state index in [2.05, 4.69) is 10.3 Å². The normalized spacial score (nSPS) is 12.3. The first-order valence-electron chi connectivity index (χ1n) is 6.74. The van der Waals surface area contributed by atoms with Gasteiger partial charge in [0.15, 0.2) is 11.6 Å². The summed E-state index contributed by atoms with van der Waals surface area (Å²) in [5.41, 5.74) is 1.41. The molecule has 0 saturated heterocycles. The number of pyridine rings is 1. The second-order valence-corrected chi connectivity index (χ2v) is 4.96. The summed E-state index contributed by atoms with van der Waals surface area (Å²) in [6.07, 6.45) is 3.40. The van der Waals surface area contributed by atoms with Gasteiger partial charge in [-0.3, -0.25) is 4.79 Å². The van der Waals surface area contributed by atoms with Crippen LogP contribution in [-0.2, 0) is 0 Å². The smallest absolute Gasteiger partial charge is 0.271 e. The van der Waals surface area contributed by atoms with Crippen molar-refractivity contribution in [2.45, 2.75) is 13.0 Å². The molecule has 3 aromatic rings. The van der Waals surface area contributed by atoms with Crippen molar-refractivity contribution in [1.82, 2.24) is 14.7 Å². The highest BCUT2D eigenvalue weighted by Crippen LogP contribution is 2.16. The molecule has 0 spiro atoms. The minimum Gasteiger partial charge on any atom is -0.344 e.